The molecule has 0 bridgehead atoms. The zero-order valence-corrected chi connectivity index (χ0v) is 20.2. The lowest BCUT2D eigenvalue weighted by atomic mass is 10.2. The van der Waals surface area contributed by atoms with Crippen molar-refractivity contribution in [1.29, 1.82) is 0 Å². The second kappa shape index (κ2) is 11.8. The van der Waals surface area contributed by atoms with Crippen molar-refractivity contribution in [2.45, 2.75) is 18.2 Å². The van der Waals surface area contributed by atoms with E-state index in [0.29, 0.717) is 17.3 Å². The van der Waals surface area contributed by atoms with Gasteiger partial charge in [0.2, 0.25) is 15.9 Å². The van der Waals surface area contributed by atoms with Gasteiger partial charge in [-0.1, -0.05) is 30.3 Å². The van der Waals surface area contributed by atoms with E-state index >= 15 is 0 Å². The van der Waals surface area contributed by atoms with E-state index in [4.69, 9.17) is 4.74 Å². The van der Waals surface area contributed by atoms with Crippen molar-refractivity contribution in [3.8, 4) is 5.75 Å². The fourth-order valence-corrected chi connectivity index (χ4v) is 4.95. The van der Waals surface area contributed by atoms with Crippen molar-refractivity contribution in [2.24, 2.45) is 0 Å². The summed E-state index contributed by atoms with van der Waals surface area (Å²) < 4.78 is 32.3. The van der Waals surface area contributed by atoms with E-state index in [9.17, 15) is 22.8 Å². The lowest BCUT2D eigenvalue weighted by molar-refractivity contribution is -0.124. The largest absolute Gasteiger partial charge is 0.494 e. The molecule has 1 fully saturated rings. The number of carbonyl (C=O) groups excluding carboxylic acids is 3. The Morgan fingerprint density at radius 1 is 1.06 bits per heavy atom. The highest BCUT2D eigenvalue weighted by Crippen LogP contribution is 2.31. The summed E-state index contributed by atoms with van der Waals surface area (Å²) in [5, 5.41) is 2.20. The standard InChI is InChI=1S/C23H25N3O6S2/c1-2-32-18-8-10-19(11-9-18)34(30,31)25-13-12-21(27)24-14-15-26-22(28)20(33-23(26)29)16-17-6-4-3-5-7-17/h3-11,16,25H,2,12-15H2,1H3,(H,24,27)/b20-16-. The van der Waals surface area contributed by atoms with Gasteiger partial charge in [0.05, 0.1) is 16.4 Å². The first-order chi connectivity index (χ1) is 16.3. The van der Waals surface area contributed by atoms with Crippen LogP contribution in [0.3, 0.4) is 0 Å². The molecule has 2 aromatic rings. The second-order valence-electron chi connectivity index (χ2n) is 7.15. The number of imide groups is 1. The summed E-state index contributed by atoms with van der Waals surface area (Å²) in [6.07, 6.45) is 1.56. The molecule has 0 atom stereocenters. The second-order valence-corrected chi connectivity index (χ2v) is 9.91. The normalized spacial score (nSPS) is 15.1. The van der Waals surface area contributed by atoms with Crippen LogP contribution in [0, 0.1) is 0 Å². The van der Waals surface area contributed by atoms with Crippen molar-refractivity contribution in [3.63, 3.8) is 0 Å². The number of amides is 3. The fraction of sp³-hybridized carbons (Fsp3) is 0.261. The molecule has 0 aliphatic carbocycles. The highest BCUT2D eigenvalue weighted by molar-refractivity contribution is 8.18. The van der Waals surface area contributed by atoms with Gasteiger partial charge in [-0.3, -0.25) is 19.3 Å². The summed E-state index contributed by atoms with van der Waals surface area (Å²) >= 11 is 0.855. The van der Waals surface area contributed by atoms with Gasteiger partial charge in [-0.05, 0) is 54.6 Å². The van der Waals surface area contributed by atoms with Crippen LogP contribution in [-0.4, -0.2) is 56.6 Å². The number of thioether (sulfide) groups is 1. The molecule has 0 radical (unpaired) electrons. The minimum atomic E-state index is -3.76. The van der Waals surface area contributed by atoms with Gasteiger partial charge in [-0.2, -0.15) is 0 Å². The zero-order chi connectivity index (χ0) is 24.6. The van der Waals surface area contributed by atoms with E-state index in [2.05, 4.69) is 10.0 Å². The van der Waals surface area contributed by atoms with E-state index in [-0.39, 0.29) is 31.0 Å². The molecule has 3 rings (SSSR count). The number of nitrogens with one attached hydrogen (secondary N) is 2. The Morgan fingerprint density at radius 3 is 2.44 bits per heavy atom. The number of sulfonamides is 1. The zero-order valence-electron chi connectivity index (χ0n) is 18.5. The van der Waals surface area contributed by atoms with E-state index in [1.807, 2.05) is 37.3 Å². The molecule has 0 aromatic heterocycles. The van der Waals surface area contributed by atoms with Gasteiger partial charge in [0.25, 0.3) is 11.1 Å². The van der Waals surface area contributed by atoms with Crippen LogP contribution >= 0.6 is 11.8 Å². The molecule has 1 aliphatic rings. The minimum absolute atomic E-state index is 0.0282. The summed E-state index contributed by atoms with van der Waals surface area (Å²) in [7, 11) is -3.76. The topological polar surface area (TPSA) is 122 Å². The molecule has 2 aromatic carbocycles. The summed E-state index contributed by atoms with van der Waals surface area (Å²) in [5.41, 5.74) is 0.814. The van der Waals surface area contributed by atoms with Crippen molar-refractivity contribution < 1.29 is 27.5 Å². The Labute approximate surface area is 202 Å². The lowest BCUT2D eigenvalue weighted by Gasteiger charge is -2.13. The molecule has 0 unspecified atom stereocenters. The van der Waals surface area contributed by atoms with Gasteiger partial charge in [-0.15, -0.1) is 0 Å². The fourth-order valence-electron chi connectivity index (χ4n) is 3.05. The van der Waals surface area contributed by atoms with E-state index in [0.717, 1.165) is 22.2 Å². The number of rotatable bonds is 11. The predicted molar refractivity (Wildman–Crippen MR) is 130 cm³/mol. The molecule has 1 saturated heterocycles. The van der Waals surface area contributed by atoms with Gasteiger partial charge < -0.3 is 10.1 Å². The molecule has 9 nitrogen and oxygen atoms in total. The number of hydrogen-bond donors (Lipinski definition) is 2. The van der Waals surface area contributed by atoms with Crippen molar-refractivity contribution in [3.05, 3.63) is 65.1 Å². The Hall–Kier alpha value is -3.15. The van der Waals surface area contributed by atoms with E-state index < -0.39 is 27.1 Å². The van der Waals surface area contributed by atoms with Gasteiger partial charge >= 0.3 is 0 Å². The monoisotopic (exact) mass is 503 g/mol. The summed E-state index contributed by atoms with van der Waals surface area (Å²) in [6, 6.07) is 15.2. The first-order valence-electron chi connectivity index (χ1n) is 10.6. The first kappa shape index (κ1) is 25.5. The van der Waals surface area contributed by atoms with Crippen molar-refractivity contribution >= 4 is 44.9 Å². The molecule has 11 heteroatoms. The Morgan fingerprint density at radius 2 is 1.76 bits per heavy atom. The SMILES string of the molecule is CCOc1ccc(S(=O)(=O)NCCC(=O)NCCN2C(=O)S/C(=C\c3ccccc3)C2=O)cc1. The minimum Gasteiger partial charge on any atom is -0.494 e. The Balaban J connectivity index is 1.41. The number of hydrogen-bond acceptors (Lipinski definition) is 7. The molecule has 0 spiro atoms. The van der Waals surface area contributed by atoms with Crippen LogP contribution in [0.4, 0.5) is 4.79 Å². The van der Waals surface area contributed by atoms with Crippen LogP contribution in [-0.2, 0) is 19.6 Å². The highest BCUT2D eigenvalue weighted by atomic mass is 32.2. The number of ether oxygens (including phenoxy) is 1. The lowest BCUT2D eigenvalue weighted by Crippen LogP contribution is -2.38. The predicted octanol–water partition coefficient (Wildman–Crippen LogP) is 2.61. The van der Waals surface area contributed by atoms with Crippen LogP contribution < -0.4 is 14.8 Å². The molecule has 180 valence electrons. The molecular weight excluding hydrogens is 478 g/mol. The molecule has 34 heavy (non-hydrogen) atoms. The average Bonchev–Trinajstić information content (AvgIpc) is 3.07. The summed E-state index contributed by atoms with van der Waals surface area (Å²) in [4.78, 5) is 38.2. The third kappa shape index (κ3) is 6.92. The van der Waals surface area contributed by atoms with Crippen LogP contribution in [0.25, 0.3) is 6.08 Å². The smallest absolute Gasteiger partial charge is 0.293 e. The van der Waals surface area contributed by atoms with E-state index in [1.165, 1.54) is 12.1 Å². The van der Waals surface area contributed by atoms with Gasteiger partial charge in [-0.25, -0.2) is 13.1 Å². The van der Waals surface area contributed by atoms with Crippen molar-refractivity contribution in [1.82, 2.24) is 14.9 Å². The van der Waals surface area contributed by atoms with Crippen molar-refractivity contribution in [2.75, 3.05) is 26.2 Å². The number of benzene rings is 2. The summed E-state index contributed by atoms with van der Waals surface area (Å²) in [5.74, 6) is -0.241. The quantitative estimate of drug-likeness (QED) is 0.452. The number of carbonyl (C=O) groups is 3. The molecule has 1 aliphatic heterocycles. The van der Waals surface area contributed by atoms with Crippen LogP contribution in [0.2, 0.25) is 0 Å². The first-order valence-corrected chi connectivity index (χ1v) is 12.9. The maximum atomic E-state index is 12.5. The highest BCUT2D eigenvalue weighted by Gasteiger charge is 2.34. The molecular formula is C23H25N3O6S2. The third-order valence-corrected chi connectivity index (χ3v) is 7.10. The Kier molecular flexibility index (Phi) is 8.85. The average molecular weight is 504 g/mol. The number of nitrogens with zero attached hydrogens (tertiary/aromatic N) is 1. The molecule has 3 amide bonds. The molecule has 2 N–H and O–H groups in total. The van der Waals surface area contributed by atoms with Gasteiger partial charge in [0.1, 0.15) is 5.75 Å². The third-order valence-electron chi connectivity index (χ3n) is 4.72. The maximum Gasteiger partial charge on any atom is 0.293 e. The molecule has 0 saturated carbocycles. The van der Waals surface area contributed by atoms with E-state index in [1.54, 1.807) is 18.2 Å². The molecule has 1 heterocycles. The van der Waals surface area contributed by atoms with Gasteiger partial charge in [0.15, 0.2) is 0 Å². The van der Waals surface area contributed by atoms with Crippen LogP contribution in [0.5, 0.6) is 5.75 Å². The van der Waals surface area contributed by atoms with Crippen LogP contribution in [0.1, 0.15) is 18.9 Å². The summed E-state index contributed by atoms with van der Waals surface area (Å²) in [6.45, 7) is 2.31. The van der Waals surface area contributed by atoms with Gasteiger partial charge in [0, 0.05) is 26.1 Å². The maximum absolute atomic E-state index is 12.5. The van der Waals surface area contributed by atoms with Crippen LogP contribution in [0.15, 0.2) is 64.4 Å². The Bertz CT molecular complexity index is 1160.